The Labute approximate surface area is 168 Å². The minimum absolute atomic E-state index is 0.0484. The number of oxazole rings is 1. The van der Waals surface area contributed by atoms with E-state index in [0.29, 0.717) is 16.6 Å². The van der Waals surface area contributed by atoms with Gasteiger partial charge in [0.1, 0.15) is 11.5 Å². The predicted octanol–water partition coefficient (Wildman–Crippen LogP) is 4.53. The van der Waals surface area contributed by atoms with Gasteiger partial charge in [-0.15, -0.1) is 0 Å². The highest BCUT2D eigenvalue weighted by molar-refractivity contribution is 7.92. The lowest BCUT2D eigenvalue weighted by atomic mass is 10.2. The average Bonchev–Trinajstić information content (AvgIpc) is 3.12. The van der Waals surface area contributed by atoms with Crippen molar-refractivity contribution in [3.05, 3.63) is 65.5 Å². The van der Waals surface area contributed by atoms with Crippen LogP contribution < -0.4 is 5.32 Å². The van der Waals surface area contributed by atoms with Crippen molar-refractivity contribution < 1.29 is 17.6 Å². The summed E-state index contributed by atoms with van der Waals surface area (Å²) in [6.45, 7) is 4.03. The lowest BCUT2D eigenvalue weighted by Crippen LogP contribution is -2.23. The van der Waals surface area contributed by atoms with Crippen LogP contribution in [0.1, 0.15) is 25.5 Å². The molecule has 3 rings (SSSR count). The molecule has 0 fully saturated rings. The summed E-state index contributed by atoms with van der Waals surface area (Å²) in [6, 6.07) is 12.5. The second-order valence-electron chi connectivity index (χ2n) is 6.56. The van der Waals surface area contributed by atoms with Crippen molar-refractivity contribution in [2.75, 3.05) is 11.1 Å². The molecule has 1 heterocycles. The van der Waals surface area contributed by atoms with E-state index in [2.05, 4.69) is 10.3 Å². The monoisotopic (exact) mass is 418 g/mol. The standard InChI is InChI=1S/C20H19ClN2O4S/c1-13(2)18-11-22-20(27-18)14-3-7-16(8-4-14)23-19(24)12-28(25,26)17-9-5-15(21)6-10-17/h3-11,13H,12H2,1-2H3,(H,23,24). The van der Waals surface area contributed by atoms with Crippen LogP contribution in [0.15, 0.2) is 64.0 Å². The Bertz CT molecular complexity index is 1070. The van der Waals surface area contributed by atoms with Crippen LogP contribution in [-0.2, 0) is 14.6 Å². The summed E-state index contributed by atoms with van der Waals surface area (Å²) in [5.41, 5.74) is 1.24. The maximum atomic E-state index is 12.3. The van der Waals surface area contributed by atoms with E-state index in [-0.39, 0.29) is 10.8 Å². The molecule has 0 unspecified atom stereocenters. The van der Waals surface area contributed by atoms with Gasteiger partial charge in [-0.05, 0) is 48.5 Å². The third-order valence-corrected chi connectivity index (χ3v) is 5.89. The molecule has 0 aliphatic rings. The molecule has 0 spiro atoms. The molecule has 0 radical (unpaired) electrons. The Morgan fingerprint density at radius 3 is 2.32 bits per heavy atom. The van der Waals surface area contributed by atoms with E-state index in [1.54, 1.807) is 30.5 Å². The summed E-state index contributed by atoms with van der Waals surface area (Å²) in [4.78, 5) is 16.4. The highest BCUT2D eigenvalue weighted by Crippen LogP contribution is 2.24. The molecule has 0 bridgehead atoms. The molecule has 0 aliphatic carbocycles. The molecule has 1 N–H and O–H groups in total. The highest BCUT2D eigenvalue weighted by atomic mass is 35.5. The summed E-state index contributed by atoms with van der Waals surface area (Å²) in [6.07, 6.45) is 1.69. The van der Waals surface area contributed by atoms with Crippen molar-refractivity contribution in [3.63, 3.8) is 0 Å². The smallest absolute Gasteiger partial charge is 0.239 e. The number of anilines is 1. The number of hydrogen-bond donors (Lipinski definition) is 1. The predicted molar refractivity (Wildman–Crippen MR) is 108 cm³/mol. The molecular weight excluding hydrogens is 400 g/mol. The Morgan fingerprint density at radius 2 is 1.75 bits per heavy atom. The van der Waals surface area contributed by atoms with Gasteiger partial charge in [-0.25, -0.2) is 13.4 Å². The van der Waals surface area contributed by atoms with Gasteiger partial charge in [0.05, 0.1) is 11.1 Å². The van der Waals surface area contributed by atoms with Crippen molar-refractivity contribution in [2.24, 2.45) is 0 Å². The average molecular weight is 419 g/mol. The maximum Gasteiger partial charge on any atom is 0.239 e. The molecule has 0 saturated heterocycles. The molecule has 28 heavy (non-hydrogen) atoms. The molecule has 1 amide bonds. The largest absolute Gasteiger partial charge is 0.441 e. The lowest BCUT2D eigenvalue weighted by molar-refractivity contribution is -0.113. The van der Waals surface area contributed by atoms with Crippen LogP contribution >= 0.6 is 11.6 Å². The van der Waals surface area contributed by atoms with Gasteiger partial charge in [-0.1, -0.05) is 25.4 Å². The first-order valence-corrected chi connectivity index (χ1v) is 10.6. The molecule has 3 aromatic rings. The summed E-state index contributed by atoms with van der Waals surface area (Å²) in [7, 11) is -3.75. The van der Waals surface area contributed by atoms with Gasteiger partial charge in [-0.2, -0.15) is 0 Å². The van der Waals surface area contributed by atoms with Crippen LogP contribution in [-0.4, -0.2) is 25.1 Å². The Morgan fingerprint density at radius 1 is 1.11 bits per heavy atom. The minimum atomic E-state index is -3.75. The van der Waals surface area contributed by atoms with Gasteiger partial charge in [0.25, 0.3) is 0 Å². The van der Waals surface area contributed by atoms with Crippen molar-refractivity contribution in [2.45, 2.75) is 24.7 Å². The first kappa shape index (κ1) is 20.1. The van der Waals surface area contributed by atoms with Crippen molar-refractivity contribution in [1.82, 2.24) is 4.98 Å². The van der Waals surface area contributed by atoms with Crippen LogP contribution in [0, 0.1) is 0 Å². The number of rotatable bonds is 6. The maximum absolute atomic E-state index is 12.3. The Hall–Kier alpha value is -2.64. The molecule has 6 nitrogen and oxygen atoms in total. The zero-order valence-electron chi connectivity index (χ0n) is 15.3. The zero-order valence-corrected chi connectivity index (χ0v) is 16.9. The van der Waals surface area contributed by atoms with E-state index >= 15 is 0 Å². The number of amides is 1. The molecule has 0 atom stereocenters. The number of hydrogen-bond acceptors (Lipinski definition) is 5. The van der Waals surface area contributed by atoms with E-state index in [4.69, 9.17) is 16.0 Å². The molecule has 8 heteroatoms. The topological polar surface area (TPSA) is 89.3 Å². The van der Waals surface area contributed by atoms with Gasteiger partial charge in [-0.3, -0.25) is 4.79 Å². The van der Waals surface area contributed by atoms with E-state index in [1.165, 1.54) is 24.3 Å². The van der Waals surface area contributed by atoms with E-state index in [1.807, 2.05) is 13.8 Å². The van der Waals surface area contributed by atoms with E-state index < -0.39 is 21.5 Å². The van der Waals surface area contributed by atoms with Gasteiger partial charge in [0.15, 0.2) is 9.84 Å². The van der Waals surface area contributed by atoms with Crippen LogP contribution in [0.25, 0.3) is 11.5 Å². The van der Waals surface area contributed by atoms with E-state index in [0.717, 1.165) is 11.3 Å². The zero-order chi connectivity index (χ0) is 20.3. The summed E-state index contributed by atoms with van der Waals surface area (Å²) >= 11 is 5.76. The summed E-state index contributed by atoms with van der Waals surface area (Å²) < 4.78 is 30.3. The number of nitrogens with one attached hydrogen (secondary N) is 1. The third-order valence-electron chi connectivity index (χ3n) is 4.00. The van der Waals surface area contributed by atoms with Crippen LogP contribution in [0.4, 0.5) is 5.69 Å². The molecule has 146 valence electrons. The lowest BCUT2D eigenvalue weighted by Gasteiger charge is -2.07. The van der Waals surface area contributed by atoms with Crippen molar-refractivity contribution in [3.8, 4) is 11.5 Å². The number of aromatic nitrogens is 1. The highest BCUT2D eigenvalue weighted by Gasteiger charge is 2.19. The number of sulfone groups is 1. The fourth-order valence-electron chi connectivity index (χ4n) is 2.48. The fourth-order valence-corrected chi connectivity index (χ4v) is 3.74. The van der Waals surface area contributed by atoms with E-state index in [9.17, 15) is 13.2 Å². The second-order valence-corrected chi connectivity index (χ2v) is 8.99. The first-order chi connectivity index (χ1) is 13.2. The Kier molecular flexibility index (Phi) is 5.86. The number of carbonyl (C=O) groups excluding carboxylic acids is 1. The quantitative estimate of drug-likeness (QED) is 0.635. The molecular formula is C20H19ClN2O4S. The molecule has 1 aromatic heterocycles. The van der Waals surface area contributed by atoms with Crippen LogP contribution in [0.2, 0.25) is 5.02 Å². The first-order valence-electron chi connectivity index (χ1n) is 8.59. The number of halogens is 1. The minimum Gasteiger partial charge on any atom is -0.441 e. The van der Waals surface area contributed by atoms with Gasteiger partial charge >= 0.3 is 0 Å². The summed E-state index contributed by atoms with van der Waals surface area (Å²) in [5.74, 6) is 0.239. The molecule has 0 aliphatic heterocycles. The number of nitrogens with zero attached hydrogens (tertiary/aromatic N) is 1. The second kappa shape index (κ2) is 8.16. The van der Waals surface area contributed by atoms with Gasteiger partial charge < -0.3 is 9.73 Å². The Balaban J connectivity index is 1.66. The van der Waals surface area contributed by atoms with Gasteiger partial charge in [0, 0.05) is 22.2 Å². The summed E-state index contributed by atoms with van der Waals surface area (Å²) in [5, 5.41) is 3.01. The normalized spacial score (nSPS) is 11.6. The van der Waals surface area contributed by atoms with Crippen LogP contribution in [0.5, 0.6) is 0 Å². The SMILES string of the molecule is CC(C)c1cnc(-c2ccc(NC(=O)CS(=O)(=O)c3ccc(Cl)cc3)cc2)o1. The number of carbonyl (C=O) groups is 1. The van der Waals surface area contributed by atoms with Crippen LogP contribution in [0.3, 0.4) is 0 Å². The van der Waals surface area contributed by atoms with Crippen molar-refractivity contribution in [1.29, 1.82) is 0 Å². The van der Waals surface area contributed by atoms with Crippen molar-refractivity contribution >= 4 is 33.0 Å². The molecule has 2 aromatic carbocycles. The molecule has 0 saturated carbocycles. The number of benzene rings is 2. The third kappa shape index (κ3) is 4.79. The fraction of sp³-hybridized carbons (Fsp3) is 0.200. The van der Waals surface area contributed by atoms with Gasteiger partial charge in [0.2, 0.25) is 11.8 Å².